The number of amidine groups is 1. The van der Waals surface area contributed by atoms with E-state index in [1.54, 1.807) is 30.0 Å². The van der Waals surface area contributed by atoms with E-state index >= 15 is 0 Å². The highest BCUT2D eigenvalue weighted by atomic mass is 35.5. The molecule has 6 heteroatoms. The SMILES string of the molecule is CCOc1cc(NC2=NCCS2)ccc1O.Cl. The predicted octanol–water partition coefficient (Wildman–Crippen LogP) is 2.73. The zero-order valence-electron chi connectivity index (χ0n) is 9.47. The molecule has 0 spiro atoms. The molecule has 0 saturated heterocycles. The van der Waals surface area contributed by atoms with E-state index in [0.29, 0.717) is 12.4 Å². The molecule has 2 N–H and O–H groups in total. The van der Waals surface area contributed by atoms with Crippen LogP contribution >= 0.6 is 24.2 Å². The van der Waals surface area contributed by atoms with Crippen LogP contribution in [0.25, 0.3) is 0 Å². The quantitative estimate of drug-likeness (QED) is 0.832. The van der Waals surface area contributed by atoms with Crippen LogP contribution < -0.4 is 10.1 Å². The number of rotatable bonds is 3. The van der Waals surface area contributed by atoms with Crippen LogP contribution in [-0.4, -0.2) is 29.2 Å². The topological polar surface area (TPSA) is 53.8 Å². The summed E-state index contributed by atoms with van der Waals surface area (Å²) >= 11 is 1.70. The second-order valence-electron chi connectivity index (χ2n) is 3.28. The van der Waals surface area contributed by atoms with E-state index in [4.69, 9.17) is 4.74 Å². The monoisotopic (exact) mass is 274 g/mol. The number of anilines is 1. The summed E-state index contributed by atoms with van der Waals surface area (Å²) < 4.78 is 5.31. The minimum Gasteiger partial charge on any atom is -0.504 e. The maximum atomic E-state index is 9.54. The Kier molecular flexibility index (Phi) is 5.44. The number of phenols is 1. The van der Waals surface area contributed by atoms with Gasteiger partial charge in [-0.2, -0.15) is 0 Å². The van der Waals surface area contributed by atoms with Gasteiger partial charge in [-0.15, -0.1) is 12.4 Å². The van der Waals surface area contributed by atoms with Gasteiger partial charge < -0.3 is 15.2 Å². The van der Waals surface area contributed by atoms with Crippen LogP contribution in [0.5, 0.6) is 11.5 Å². The Morgan fingerprint density at radius 1 is 1.53 bits per heavy atom. The number of nitrogens with one attached hydrogen (secondary N) is 1. The fraction of sp³-hybridized carbons (Fsp3) is 0.364. The summed E-state index contributed by atoms with van der Waals surface area (Å²) in [7, 11) is 0. The number of benzene rings is 1. The predicted molar refractivity (Wildman–Crippen MR) is 74.9 cm³/mol. The molecule has 0 amide bonds. The summed E-state index contributed by atoms with van der Waals surface area (Å²) in [5, 5.41) is 13.7. The summed E-state index contributed by atoms with van der Waals surface area (Å²) in [6.45, 7) is 3.28. The van der Waals surface area contributed by atoms with Gasteiger partial charge in [0.15, 0.2) is 16.7 Å². The molecule has 0 aromatic heterocycles. The minimum atomic E-state index is 0. The van der Waals surface area contributed by atoms with E-state index in [-0.39, 0.29) is 18.2 Å². The number of aliphatic imine (C=N–C) groups is 1. The zero-order valence-corrected chi connectivity index (χ0v) is 11.1. The van der Waals surface area contributed by atoms with Gasteiger partial charge in [0, 0.05) is 17.5 Å². The first kappa shape index (κ1) is 14.0. The van der Waals surface area contributed by atoms with Gasteiger partial charge in [-0.1, -0.05) is 11.8 Å². The van der Waals surface area contributed by atoms with Crippen LogP contribution in [-0.2, 0) is 0 Å². The molecule has 17 heavy (non-hydrogen) atoms. The van der Waals surface area contributed by atoms with Crippen molar-refractivity contribution >= 4 is 35.0 Å². The van der Waals surface area contributed by atoms with E-state index in [0.717, 1.165) is 23.2 Å². The highest BCUT2D eigenvalue weighted by Crippen LogP contribution is 2.29. The molecule has 4 nitrogen and oxygen atoms in total. The van der Waals surface area contributed by atoms with E-state index in [1.165, 1.54) is 0 Å². The van der Waals surface area contributed by atoms with Crippen molar-refractivity contribution in [2.75, 3.05) is 24.2 Å². The Hall–Kier alpha value is -1.07. The molecule has 94 valence electrons. The van der Waals surface area contributed by atoms with E-state index < -0.39 is 0 Å². The Bertz CT molecular complexity index is 412. The second kappa shape index (κ2) is 6.61. The van der Waals surface area contributed by atoms with Crippen molar-refractivity contribution in [1.82, 2.24) is 0 Å². The molecule has 0 radical (unpaired) electrons. The number of ether oxygens (including phenoxy) is 1. The molecule has 1 heterocycles. The minimum absolute atomic E-state index is 0. The molecule has 2 rings (SSSR count). The van der Waals surface area contributed by atoms with Crippen molar-refractivity contribution < 1.29 is 9.84 Å². The van der Waals surface area contributed by atoms with Crippen molar-refractivity contribution in [3.63, 3.8) is 0 Å². The third-order valence-electron chi connectivity index (χ3n) is 2.10. The van der Waals surface area contributed by atoms with Gasteiger partial charge in [0.05, 0.1) is 13.2 Å². The number of hydrogen-bond donors (Lipinski definition) is 2. The maximum Gasteiger partial charge on any atom is 0.162 e. The van der Waals surface area contributed by atoms with E-state index in [1.807, 2.05) is 6.92 Å². The van der Waals surface area contributed by atoms with Crippen LogP contribution in [0.15, 0.2) is 23.2 Å². The number of hydrogen-bond acceptors (Lipinski definition) is 5. The molecule has 0 unspecified atom stereocenters. The molecule has 0 atom stereocenters. The Morgan fingerprint density at radius 3 is 3.00 bits per heavy atom. The standard InChI is InChI=1S/C11H14N2O2S.ClH/c1-2-15-10-7-8(3-4-9(10)14)13-11-12-5-6-16-11;/h3-4,7,14H,2,5-6H2,1H3,(H,12,13);1H. The summed E-state index contributed by atoms with van der Waals surface area (Å²) in [6, 6.07) is 5.20. The lowest BCUT2D eigenvalue weighted by Crippen LogP contribution is -2.05. The molecule has 0 saturated carbocycles. The average Bonchev–Trinajstić information content (AvgIpc) is 2.76. The van der Waals surface area contributed by atoms with Crippen molar-refractivity contribution in [2.45, 2.75) is 6.92 Å². The molecule has 1 aromatic carbocycles. The van der Waals surface area contributed by atoms with Gasteiger partial charge in [-0.05, 0) is 19.1 Å². The summed E-state index contributed by atoms with van der Waals surface area (Å²) in [6.07, 6.45) is 0. The van der Waals surface area contributed by atoms with Gasteiger partial charge in [-0.3, -0.25) is 4.99 Å². The molecule has 1 aliphatic heterocycles. The first-order valence-electron chi connectivity index (χ1n) is 5.19. The molecular formula is C11H15ClN2O2S. The van der Waals surface area contributed by atoms with E-state index in [9.17, 15) is 5.11 Å². The molecule has 1 aromatic rings. The third-order valence-corrected chi connectivity index (χ3v) is 2.99. The zero-order chi connectivity index (χ0) is 11.4. The van der Waals surface area contributed by atoms with E-state index in [2.05, 4.69) is 10.3 Å². The van der Waals surface area contributed by atoms with Gasteiger partial charge in [0.1, 0.15) is 0 Å². The first-order valence-corrected chi connectivity index (χ1v) is 6.18. The van der Waals surface area contributed by atoms with Crippen LogP contribution in [0.2, 0.25) is 0 Å². The lowest BCUT2D eigenvalue weighted by molar-refractivity contribution is 0.318. The fourth-order valence-electron chi connectivity index (χ4n) is 1.40. The smallest absolute Gasteiger partial charge is 0.162 e. The Balaban J connectivity index is 0.00000144. The second-order valence-corrected chi connectivity index (χ2v) is 4.36. The Labute approximate surface area is 111 Å². The molecule has 0 bridgehead atoms. The van der Waals surface area contributed by atoms with Gasteiger partial charge in [0.25, 0.3) is 0 Å². The largest absolute Gasteiger partial charge is 0.504 e. The van der Waals surface area contributed by atoms with Crippen molar-refractivity contribution in [1.29, 1.82) is 0 Å². The lowest BCUT2D eigenvalue weighted by Gasteiger charge is -2.09. The van der Waals surface area contributed by atoms with Gasteiger partial charge in [0.2, 0.25) is 0 Å². The summed E-state index contributed by atoms with van der Waals surface area (Å²) in [5.41, 5.74) is 0.884. The molecule has 0 fully saturated rings. The third kappa shape index (κ3) is 3.71. The maximum absolute atomic E-state index is 9.54. The van der Waals surface area contributed by atoms with Crippen molar-refractivity contribution in [3.8, 4) is 11.5 Å². The summed E-state index contributed by atoms with van der Waals surface area (Å²) in [5.74, 6) is 1.68. The Morgan fingerprint density at radius 2 is 2.35 bits per heavy atom. The number of thioether (sulfide) groups is 1. The normalized spacial score (nSPS) is 13.8. The van der Waals surface area contributed by atoms with Crippen molar-refractivity contribution in [2.24, 2.45) is 4.99 Å². The molecule has 1 aliphatic rings. The van der Waals surface area contributed by atoms with Gasteiger partial charge >= 0.3 is 0 Å². The number of aromatic hydroxyl groups is 1. The lowest BCUT2D eigenvalue weighted by atomic mass is 10.3. The highest BCUT2D eigenvalue weighted by Gasteiger charge is 2.09. The van der Waals surface area contributed by atoms with Crippen LogP contribution in [0, 0.1) is 0 Å². The molecule has 0 aliphatic carbocycles. The number of nitrogens with zero attached hydrogens (tertiary/aromatic N) is 1. The van der Waals surface area contributed by atoms with Gasteiger partial charge in [-0.25, -0.2) is 0 Å². The first-order chi connectivity index (χ1) is 7.79. The molecular weight excluding hydrogens is 260 g/mol. The highest BCUT2D eigenvalue weighted by molar-refractivity contribution is 8.14. The van der Waals surface area contributed by atoms with Crippen molar-refractivity contribution in [3.05, 3.63) is 18.2 Å². The number of phenolic OH excluding ortho intramolecular Hbond substituents is 1. The van der Waals surface area contributed by atoms with Crippen LogP contribution in [0.3, 0.4) is 0 Å². The van der Waals surface area contributed by atoms with Crippen LogP contribution in [0.4, 0.5) is 5.69 Å². The fourth-order valence-corrected chi connectivity index (χ4v) is 2.15. The van der Waals surface area contributed by atoms with Crippen LogP contribution in [0.1, 0.15) is 6.92 Å². The average molecular weight is 275 g/mol. The number of halogens is 1. The summed E-state index contributed by atoms with van der Waals surface area (Å²) in [4.78, 5) is 4.29.